The highest BCUT2D eigenvalue weighted by atomic mass is 32.2. The molecule has 0 saturated heterocycles. The molecule has 0 aliphatic heterocycles. The SMILES string of the molecule is C/C=C/CCNC(=O)c1ccc(S(=O)(=O)Nc2ccc(OCC)cc2)cc1. The lowest BCUT2D eigenvalue weighted by molar-refractivity contribution is 0.0954. The van der Waals surface area contributed by atoms with Crippen molar-refractivity contribution in [2.75, 3.05) is 17.9 Å². The van der Waals surface area contributed by atoms with Crippen LogP contribution in [0.3, 0.4) is 0 Å². The summed E-state index contributed by atoms with van der Waals surface area (Å²) in [6.07, 6.45) is 4.63. The standard InChI is InChI=1S/C20H24N2O4S/c1-3-5-6-15-21-20(23)16-7-13-19(14-8-16)27(24,25)22-17-9-11-18(12-10-17)26-4-2/h3,5,7-14,22H,4,6,15H2,1-2H3,(H,21,23)/b5-3+. The van der Waals surface area contributed by atoms with Gasteiger partial charge < -0.3 is 10.1 Å². The third-order valence-corrected chi connectivity index (χ3v) is 5.07. The molecule has 0 atom stereocenters. The summed E-state index contributed by atoms with van der Waals surface area (Å²) < 4.78 is 32.8. The van der Waals surface area contributed by atoms with Crippen molar-refractivity contribution in [3.63, 3.8) is 0 Å². The molecule has 0 aliphatic carbocycles. The highest BCUT2D eigenvalue weighted by molar-refractivity contribution is 7.92. The van der Waals surface area contributed by atoms with E-state index >= 15 is 0 Å². The number of amides is 1. The summed E-state index contributed by atoms with van der Waals surface area (Å²) in [5, 5.41) is 2.78. The van der Waals surface area contributed by atoms with Gasteiger partial charge in [-0.3, -0.25) is 9.52 Å². The molecule has 0 spiro atoms. The number of ether oxygens (including phenoxy) is 1. The first-order chi connectivity index (χ1) is 13.0. The van der Waals surface area contributed by atoms with Crippen molar-refractivity contribution in [1.29, 1.82) is 0 Å². The molecule has 0 aliphatic rings. The zero-order valence-electron chi connectivity index (χ0n) is 15.4. The topological polar surface area (TPSA) is 84.5 Å². The normalized spacial score (nSPS) is 11.3. The number of anilines is 1. The summed E-state index contributed by atoms with van der Waals surface area (Å²) in [4.78, 5) is 12.1. The average molecular weight is 388 g/mol. The van der Waals surface area contributed by atoms with E-state index < -0.39 is 10.0 Å². The lowest BCUT2D eigenvalue weighted by Gasteiger charge is -2.10. The van der Waals surface area contributed by atoms with Crippen molar-refractivity contribution < 1.29 is 17.9 Å². The number of benzene rings is 2. The van der Waals surface area contributed by atoms with E-state index in [4.69, 9.17) is 4.74 Å². The minimum atomic E-state index is -3.74. The van der Waals surface area contributed by atoms with E-state index in [-0.39, 0.29) is 10.8 Å². The molecule has 1 amide bonds. The summed E-state index contributed by atoms with van der Waals surface area (Å²) in [6, 6.07) is 12.5. The van der Waals surface area contributed by atoms with Crippen LogP contribution in [0, 0.1) is 0 Å². The average Bonchev–Trinajstić information content (AvgIpc) is 2.67. The molecule has 144 valence electrons. The van der Waals surface area contributed by atoms with Gasteiger partial charge >= 0.3 is 0 Å². The molecule has 0 unspecified atom stereocenters. The van der Waals surface area contributed by atoms with Crippen LogP contribution in [0.15, 0.2) is 65.6 Å². The zero-order chi connectivity index (χ0) is 19.7. The summed E-state index contributed by atoms with van der Waals surface area (Å²) in [6.45, 7) is 4.87. The number of carbonyl (C=O) groups excluding carboxylic acids is 1. The highest BCUT2D eigenvalue weighted by Crippen LogP contribution is 2.20. The fourth-order valence-electron chi connectivity index (χ4n) is 2.32. The molecule has 7 heteroatoms. The third-order valence-electron chi connectivity index (χ3n) is 3.68. The molecule has 0 radical (unpaired) electrons. The molecule has 2 aromatic rings. The van der Waals surface area contributed by atoms with Gasteiger partial charge in [-0.1, -0.05) is 12.2 Å². The van der Waals surface area contributed by atoms with Crippen molar-refractivity contribution >= 4 is 21.6 Å². The Hall–Kier alpha value is -2.80. The van der Waals surface area contributed by atoms with Crippen LogP contribution in [0.4, 0.5) is 5.69 Å². The van der Waals surface area contributed by atoms with Gasteiger partial charge in [0.1, 0.15) is 5.75 Å². The summed E-state index contributed by atoms with van der Waals surface area (Å²) in [5.41, 5.74) is 0.847. The Kier molecular flexibility index (Phi) is 7.43. The monoisotopic (exact) mass is 388 g/mol. The molecule has 27 heavy (non-hydrogen) atoms. The Morgan fingerprint density at radius 3 is 2.33 bits per heavy atom. The number of allylic oxidation sites excluding steroid dienone is 1. The van der Waals surface area contributed by atoms with Gasteiger partial charge in [0.2, 0.25) is 0 Å². The van der Waals surface area contributed by atoms with Crippen LogP contribution in [0.25, 0.3) is 0 Å². The van der Waals surface area contributed by atoms with Crippen molar-refractivity contribution in [2.45, 2.75) is 25.2 Å². The van der Waals surface area contributed by atoms with Gasteiger partial charge in [0.05, 0.1) is 11.5 Å². The Labute approximate surface area is 160 Å². The van der Waals surface area contributed by atoms with Crippen LogP contribution < -0.4 is 14.8 Å². The van der Waals surface area contributed by atoms with Crippen LogP contribution in [-0.2, 0) is 10.0 Å². The number of carbonyl (C=O) groups is 1. The first-order valence-corrected chi connectivity index (χ1v) is 10.2. The third kappa shape index (κ3) is 6.14. The number of hydrogen-bond donors (Lipinski definition) is 2. The number of sulfonamides is 1. The van der Waals surface area contributed by atoms with Crippen molar-refractivity contribution in [3.8, 4) is 5.75 Å². The molecular formula is C20H24N2O4S. The van der Waals surface area contributed by atoms with E-state index in [1.54, 1.807) is 24.3 Å². The largest absolute Gasteiger partial charge is 0.494 e. The number of rotatable bonds is 9. The second-order valence-electron chi connectivity index (χ2n) is 5.70. The second kappa shape index (κ2) is 9.78. The number of nitrogens with one attached hydrogen (secondary N) is 2. The second-order valence-corrected chi connectivity index (χ2v) is 7.38. The molecule has 0 bridgehead atoms. The fraction of sp³-hybridized carbons (Fsp3) is 0.250. The molecule has 0 saturated carbocycles. The summed E-state index contributed by atoms with van der Waals surface area (Å²) in [5.74, 6) is 0.438. The Balaban J connectivity index is 2.02. The van der Waals surface area contributed by atoms with Gasteiger partial charge in [-0.15, -0.1) is 0 Å². The lowest BCUT2D eigenvalue weighted by Crippen LogP contribution is -2.24. The Morgan fingerprint density at radius 1 is 1.07 bits per heavy atom. The van der Waals surface area contributed by atoms with Crippen LogP contribution in [0.5, 0.6) is 5.75 Å². The van der Waals surface area contributed by atoms with Crippen molar-refractivity contribution in [3.05, 3.63) is 66.2 Å². The lowest BCUT2D eigenvalue weighted by atomic mass is 10.2. The molecule has 2 aromatic carbocycles. The van der Waals surface area contributed by atoms with Gasteiger partial charge in [0.25, 0.3) is 15.9 Å². The van der Waals surface area contributed by atoms with Crippen LogP contribution in [0.2, 0.25) is 0 Å². The van der Waals surface area contributed by atoms with Crippen LogP contribution >= 0.6 is 0 Å². The first kappa shape index (κ1) is 20.5. The molecule has 2 rings (SSSR count). The zero-order valence-corrected chi connectivity index (χ0v) is 16.3. The van der Waals surface area contributed by atoms with E-state index in [1.165, 1.54) is 24.3 Å². The smallest absolute Gasteiger partial charge is 0.261 e. The minimum absolute atomic E-state index is 0.0850. The molecule has 0 aromatic heterocycles. The molecule has 6 nitrogen and oxygen atoms in total. The van der Waals surface area contributed by atoms with Crippen molar-refractivity contribution in [1.82, 2.24) is 5.32 Å². The molecule has 0 fully saturated rings. The fourth-order valence-corrected chi connectivity index (χ4v) is 3.38. The van der Waals surface area contributed by atoms with Crippen LogP contribution in [0.1, 0.15) is 30.6 Å². The maximum atomic E-state index is 12.5. The van der Waals surface area contributed by atoms with Crippen LogP contribution in [-0.4, -0.2) is 27.5 Å². The number of hydrogen-bond acceptors (Lipinski definition) is 4. The summed E-state index contributed by atoms with van der Waals surface area (Å²) >= 11 is 0. The van der Waals surface area contributed by atoms with E-state index in [9.17, 15) is 13.2 Å². The molecule has 0 heterocycles. The Morgan fingerprint density at radius 2 is 1.74 bits per heavy atom. The van der Waals surface area contributed by atoms with Crippen molar-refractivity contribution in [2.24, 2.45) is 0 Å². The van der Waals surface area contributed by atoms with Gasteiger partial charge in [0, 0.05) is 17.8 Å². The van der Waals surface area contributed by atoms with Gasteiger partial charge in [-0.2, -0.15) is 0 Å². The summed E-state index contributed by atoms with van der Waals surface area (Å²) in [7, 11) is -3.74. The van der Waals surface area contributed by atoms with E-state index in [1.807, 2.05) is 26.0 Å². The Bertz CT molecular complexity index is 873. The maximum Gasteiger partial charge on any atom is 0.261 e. The minimum Gasteiger partial charge on any atom is -0.494 e. The van der Waals surface area contributed by atoms with Gasteiger partial charge in [-0.05, 0) is 68.8 Å². The predicted molar refractivity (Wildman–Crippen MR) is 107 cm³/mol. The highest BCUT2D eigenvalue weighted by Gasteiger charge is 2.15. The van der Waals surface area contributed by atoms with Gasteiger partial charge in [-0.25, -0.2) is 8.42 Å². The molecule has 2 N–H and O–H groups in total. The van der Waals surface area contributed by atoms with E-state index in [0.717, 1.165) is 6.42 Å². The van der Waals surface area contributed by atoms with Gasteiger partial charge in [0.15, 0.2) is 0 Å². The van der Waals surface area contributed by atoms with E-state index in [2.05, 4.69) is 10.0 Å². The van der Waals surface area contributed by atoms with E-state index in [0.29, 0.717) is 30.2 Å². The predicted octanol–water partition coefficient (Wildman–Crippen LogP) is 3.58. The maximum absolute atomic E-state index is 12.5. The molecular weight excluding hydrogens is 364 g/mol. The quantitative estimate of drug-likeness (QED) is 0.508. The first-order valence-electron chi connectivity index (χ1n) is 8.71.